The first-order chi connectivity index (χ1) is 13.2. The molecule has 0 saturated heterocycles. The molecule has 1 amide bonds. The van der Waals surface area contributed by atoms with E-state index in [4.69, 9.17) is 5.73 Å². The van der Waals surface area contributed by atoms with Crippen molar-refractivity contribution in [3.05, 3.63) is 65.0 Å². The normalized spacial score (nSPS) is 11.6. The molecule has 28 heavy (non-hydrogen) atoms. The third-order valence-corrected chi connectivity index (χ3v) is 4.28. The van der Waals surface area contributed by atoms with Gasteiger partial charge < -0.3 is 5.73 Å². The van der Waals surface area contributed by atoms with Crippen LogP contribution < -0.4 is 11.2 Å². The molecule has 0 spiro atoms. The predicted molar refractivity (Wildman–Crippen MR) is 99.1 cm³/mol. The first-order valence-corrected chi connectivity index (χ1v) is 8.37. The molecule has 2 heterocycles. The molecule has 0 aliphatic heterocycles. The fourth-order valence-corrected chi connectivity index (χ4v) is 2.69. The van der Waals surface area contributed by atoms with Crippen LogP contribution in [0.1, 0.15) is 27.2 Å². The number of carbonyl (C=O) groups is 1. The average Bonchev–Trinajstić information content (AvgIpc) is 2.66. The van der Waals surface area contributed by atoms with Crippen molar-refractivity contribution in [2.75, 3.05) is 12.8 Å². The van der Waals surface area contributed by atoms with Crippen molar-refractivity contribution in [3.8, 4) is 0 Å². The van der Waals surface area contributed by atoms with Crippen LogP contribution in [0.15, 0.2) is 42.6 Å². The number of fused-ring (bicyclic) bond motifs is 1. The average molecular weight is 389 g/mol. The molecule has 3 aromatic rings. The van der Waals surface area contributed by atoms with Gasteiger partial charge in [0.1, 0.15) is 5.82 Å². The summed E-state index contributed by atoms with van der Waals surface area (Å²) in [5, 5.41) is 2.04. The van der Waals surface area contributed by atoms with Gasteiger partial charge in [-0.25, -0.2) is 10.4 Å². The summed E-state index contributed by atoms with van der Waals surface area (Å²) in [5.41, 5.74) is 9.91. The molecule has 0 unspecified atom stereocenters. The Labute approximate surface area is 159 Å². The number of nitrogen functional groups attached to an aromatic ring is 1. The Morgan fingerprint density at radius 1 is 1.21 bits per heavy atom. The van der Waals surface area contributed by atoms with Gasteiger partial charge in [-0.2, -0.15) is 13.2 Å². The zero-order valence-electron chi connectivity index (χ0n) is 15.2. The number of hydrogen-bond acceptors (Lipinski definition) is 5. The summed E-state index contributed by atoms with van der Waals surface area (Å²) < 4.78 is 37.9. The number of nitrogens with one attached hydrogen (secondary N) is 1. The van der Waals surface area contributed by atoms with Crippen LogP contribution in [0.3, 0.4) is 0 Å². The number of amides is 1. The van der Waals surface area contributed by atoms with E-state index in [0.29, 0.717) is 22.6 Å². The van der Waals surface area contributed by atoms with Crippen LogP contribution in [-0.2, 0) is 12.7 Å². The van der Waals surface area contributed by atoms with Gasteiger partial charge in [0.2, 0.25) is 0 Å². The zero-order chi connectivity index (χ0) is 20.5. The van der Waals surface area contributed by atoms with E-state index >= 15 is 0 Å². The number of hydrogen-bond donors (Lipinski definition) is 2. The molecule has 0 radical (unpaired) electrons. The number of hydrazine groups is 1. The number of halogens is 3. The van der Waals surface area contributed by atoms with Gasteiger partial charge in [0.15, 0.2) is 0 Å². The topological polar surface area (TPSA) is 84.1 Å². The van der Waals surface area contributed by atoms with E-state index in [1.807, 2.05) is 13.0 Å². The van der Waals surface area contributed by atoms with E-state index in [1.54, 1.807) is 25.2 Å². The van der Waals surface area contributed by atoms with E-state index in [0.717, 1.165) is 23.2 Å². The van der Waals surface area contributed by atoms with Crippen LogP contribution in [0.25, 0.3) is 10.9 Å². The summed E-state index contributed by atoms with van der Waals surface area (Å²) in [7, 11) is 1.55. The molecule has 3 N–H and O–H groups in total. The lowest BCUT2D eigenvalue weighted by Gasteiger charge is -2.21. The van der Waals surface area contributed by atoms with Crippen molar-refractivity contribution in [1.29, 1.82) is 0 Å². The summed E-state index contributed by atoms with van der Waals surface area (Å²) in [6.07, 6.45) is -3.70. The Morgan fingerprint density at radius 3 is 2.57 bits per heavy atom. The molecule has 0 aliphatic carbocycles. The van der Waals surface area contributed by atoms with Gasteiger partial charge in [-0.15, -0.1) is 0 Å². The van der Waals surface area contributed by atoms with Crippen LogP contribution in [-0.4, -0.2) is 27.9 Å². The summed E-state index contributed by atoms with van der Waals surface area (Å²) in [6.45, 7) is 1.83. The third-order valence-electron chi connectivity index (χ3n) is 4.28. The fraction of sp³-hybridized carbons (Fsp3) is 0.211. The maximum absolute atomic E-state index is 12.8. The number of nitrogens with two attached hydrogens (primary N) is 1. The second kappa shape index (κ2) is 7.43. The van der Waals surface area contributed by atoms with Gasteiger partial charge in [0, 0.05) is 24.2 Å². The van der Waals surface area contributed by atoms with Crippen molar-refractivity contribution in [2.45, 2.75) is 19.6 Å². The number of carbonyl (C=O) groups excluding carboxylic acids is 1. The van der Waals surface area contributed by atoms with E-state index in [-0.39, 0.29) is 12.5 Å². The smallest absolute Gasteiger partial charge is 0.383 e. The monoisotopic (exact) mass is 389 g/mol. The summed E-state index contributed by atoms with van der Waals surface area (Å²) >= 11 is 0. The van der Waals surface area contributed by atoms with Gasteiger partial charge in [0.25, 0.3) is 5.91 Å². The van der Waals surface area contributed by atoms with Crippen molar-refractivity contribution < 1.29 is 18.0 Å². The van der Waals surface area contributed by atoms with Crippen LogP contribution in [0.2, 0.25) is 0 Å². The number of nitrogens with zero attached hydrogens (tertiary/aromatic N) is 3. The number of aryl methyl sites for hydroxylation is 1. The largest absolute Gasteiger partial charge is 0.417 e. The van der Waals surface area contributed by atoms with Gasteiger partial charge in [-0.1, -0.05) is 0 Å². The molecule has 9 heteroatoms. The Kier molecular flexibility index (Phi) is 5.19. The van der Waals surface area contributed by atoms with Crippen molar-refractivity contribution in [1.82, 2.24) is 20.4 Å². The van der Waals surface area contributed by atoms with E-state index < -0.39 is 11.7 Å². The number of benzene rings is 1. The zero-order valence-corrected chi connectivity index (χ0v) is 15.2. The molecule has 0 bridgehead atoms. The maximum atomic E-state index is 12.8. The Balaban J connectivity index is 1.83. The molecule has 6 nitrogen and oxygen atoms in total. The number of alkyl halides is 3. The van der Waals surface area contributed by atoms with Crippen molar-refractivity contribution >= 4 is 22.6 Å². The molecule has 0 atom stereocenters. The third kappa shape index (κ3) is 4.04. The molecular formula is C19H18F3N5O. The second-order valence-corrected chi connectivity index (χ2v) is 6.25. The van der Waals surface area contributed by atoms with Gasteiger partial charge in [0.05, 0.1) is 23.3 Å². The summed E-state index contributed by atoms with van der Waals surface area (Å²) in [6, 6.07) is 9.04. The summed E-state index contributed by atoms with van der Waals surface area (Å²) in [4.78, 5) is 20.9. The Hall–Kier alpha value is -3.20. The minimum Gasteiger partial charge on any atom is -0.383 e. The Bertz CT molecular complexity index is 1020. The van der Waals surface area contributed by atoms with Crippen LogP contribution >= 0.6 is 0 Å². The molecule has 2 aromatic heterocycles. The molecule has 0 aliphatic rings. The number of anilines is 1. The molecule has 3 rings (SSSR count). The van der Waals surface area contributed by atoms with E-state index in [9.17, 15) is 18.0 Å². The minimum absolute atomic E-state index is 0.00449. The molecular weight excluding hydrogens is 371 g/mol. The van der Waals surface area contributed by atoms with Crippen LogP contribution in [0.5, 0.6) is 0 Å². The minimum atomic E-state index is -4.45. The Morgan fingerprint density at radius 2 is 1.96 bits per heavy atom. The number of pyridine rings is 2. The lowest BCUT2D eigenvalue weighted by Crippen LogP contribution is -2.40. The highest BCUT2D eigenvalue weighted by Crippen LogP contribution is 2.28. The highest BCUT2D eigenvalue weighted by Gasteiger charge is 2.30. The maximum Gasteiger partial charge on any atom is 0.417 e. The highest BCUT2D eigenvalue weighted by molar-refractivity contribution is 5.98. The fourth-order valence-electron chi connectivity index (χ4n) is 2.69. The first kappa shape index (κ1) is 19.6. The van der Waals surface area contributed by atoms with Gasteiger partial charge in [-0.05, 0) is 48.9 Å². The lowest BCUT2D eigenvalue weighted by molar-refractivity contribution is -0.137. The van der Waals surface area contributed by atoms with Gasteiger partial charge in [-0.3, -0.25) is 14.8 Å². The first-order valence-electron chi connectivity index (χ1n) is 8.37. The summed E-state index contributed by atoms with van der Waals surface area (Å²) in [5.74, 6) is 0.0809. The predicted octanol–water partition coefficient (Wildman–Crippen LogP) is 3.32. The lowest BCUT2D eigenvalue weighted by atomic mass is 10.1. The molecule has 1 aromatic carbocycles. The van der Waals surface area contributed by atoms with Crippen molar-refractivity contribution in [3.63, 3.8) is 0 Å². The van der Waals surface area contributed by atoms with Gasteiger partial charge >= 0.3 is 6.18 Å². The SMILES string of the molecule is CNN(Cc1ccc(C(F)(F)F)cn1)C(=O)c1ccc2nc(N)c(C)cc2c1. The highest BCUT2D eigenvalue weighted by atomic mass is 19.4. The molecule has 0 saturated carbocycles. The number of rotatable bonds is 4. The second-order valence-electron chi connectivity index (χ2n) is 6.25. The van der Waals surface area contributed by atoms with Crippen LogP contribution in [0.4, 0.5) is 19.0 Å². The van der Waals surface area contributed by atoms with Crippen LogP contribution in [0, 0.1) is 6.92 Å². The quantitative estimate of drug-likeness (QED) is 0.669. The molecule has 146 valence electrons. The standard InChI is InChI=1S/C19H18F3N5O/c1-11-7-13-8-12(3-6-16(13)26-17(11)23)18(28)27(24-2)10-15-5-4-14(9-25-15)19(20,21)22/h3-9,24H,10H2,1-2H3,(H2,23,26). The molecule has 0 fully saturated rings. The van der Waals surface area contributed by atoms with E-state index in [2.05, 4.69) is 15.4 Å². The number of aromatic nitrogens is 2. The van der Waals surface area contributed by atoms with E-state index in [1.165, 1.54) is 11.1 Å². The van der Waals surface area contributed by atoms with Crippen molar-refractivity contribution in [2.24, 2.45) is 0 Å².